The first-order valence-electron chi connectivity index (χ1n) is 6.78. The van der Waals surface area contributed by atoms with Crippen LogP contribution >= 0.6 is 0 Å². The summed E-state index contributed by atoms with van der Waals surface area (Å²) in [4.78, 5) is 12.4. The summed E-state index contributed by atoms with van der Waals surface area (Å²) >= 11 is 0. The van der Waals surface area contributed by atoms with Crippen molar-refractivity contribution in [3.8, 4) is 11.5 Å². The minimum atomic E-state index is -0.426. The van der Waals surface area contributed by atoms with E-state index in [1.807, 2.05) is 0 Å². The Kier molecular flexibility index (Phi) is 4.18. The Morgan fingerprint density at radius 3 is 2.60 bits per heavy atom. The normalized spacial score (nSPS) is 24.7. The Hall–Kier alpha value is -1.75. The van der Waals surface area contributed by atoms with Gasteiger partial charge in [-0.05, 0) is 30.9 Å². The first kappa shape index (κ1) is 14.7. The van der Waals surface area contributed by atoms with Crippen molar-refractivity contribution in [1.82, 2.24) is 0 Å². The van der Waals surface area contributed by atoms with E-state index in [0.717, 1.165) is 12.8 Å². The first-order chi connectivity index (χ1) is 9.54. The number of methoxy groups -OCH3 is 2. The Balaban J connectivity index is 2.15. The summed E-state index contributed by atoms with van der Waals surface area (Å²) in [6.45, 7) is 2.51. The molecule has 5 heteroatoms. The predicted octanol–water partition coefficient (Wildman–Crippen LogP) is 2.02. The van der Waals surface area contributed by atoms with Crippen LogP contribution in [0, 0.1) is 11.3 Å². The Labute approximate surface area is 119 Å². The summed E-state index contributed by atoms with van der Waals surface area (Å²) in [6.07, 6.45) is 1.68. The molecule has 0 atom stereocenters. The molecule has 5 nitrogen and oxygen atoms in total. The number of benzene rings is 1. The largest absolute Gasteiger partial charge is 0.497 e. The third-order valence-corrected chi connectivity index (χ3v) is 4.01. The molecule has 0 spiro atoms. The zero-order chi connectivity index (χ0) is 14.8. The lowest BCUT2D eigenvalue weighted by Gasteiger charge is -2.44. The summed E-state index contributed by atoms with van der Waals surface area (Å²) in [5.74, 6) is 1.80. The van der Waals surface area contributed by atoms with Crippen molar-refractivity contribution in [2.75, 3.05) is 26.1 Å². The van der Waals surface area contributed by atoms with Gasteiger partial charge in [0.2, 0.25) is 5.91 Å². The zero-order valence-electron chi connectivity index (χ0n) is 12.2. The van der Waals surface area contributed by atoms with Gasteiger partial charge in [0.15, 0.2) is 0 Å². The van der Waals surface area contributed by atoms with E-state index in [1.165, 1.54) is 0 Å². The summed E-state index contributed by atoms with van der Waals surface area (Å²) in [7, 11) is 3.15. The molecule has 0 radical (unpaired) electrons. The van der Waals surface area contributed by atoms with E-state index in [4.69, 9.17) is 15.2 Å². The van der Waals surface area contributed by atoms with Crippen molar-refractivity contribution < 1.29 is 14.3 Å². The number of anilines is 1. The van der Waals surface area contributed by atoms with Gasteiger partial charge in [0.25, 0.3) is 0 Å². The maximum atomic E-state index is 12.4. The highest BCUT2D eigenvalue weighted by Gasteiger charge is 2.47. The summed E-state index contributed by atoms with van der Waals surface area (Å²) in [5.41, 5.74) is 6.01. The molecule has 2 rings (SSSR count). The van der Waals surface area contributed by atoms with Gasteiger partial charge in [0, 0.05) is 12.6 Å². The molecule has 0 unspecified atom stereocenters. The lowest BCUT2D eigenvalue weighted by atomic mass is 9.62. The van der Waals surface area contributed by atoms with Crippen molar-refractivity contribution >= 4 is 11.6 Å². The zero-order valence-corrected chi connectivity index (χ0v) is 12.2. The molecule has 1 fully saturated rings. The van der Waals surface area contributed by atoms with E-state index in [0.29, 0.717) is 29.6 Å². The van der Waals surface area contributed by atoms with Gasteiger partial charge < -0.3 is 20.5 Å². The van der Waals surface area contributed by atoms with Gasteiger partial charge in [-0.15, -0.1) is 0 Å². The molecular formula is C15H22N2O3. The van der Waals surface area contributed by atoms with Gasteiger partial charge >= 0.3 is 0 Å². The van der Waals surface area contributed by atoms with Gasteiger partial charge in [-0.1, -0.05) is 6.92 Å². The van der Waals surface area contributed by atoms with Crippen LogP contribution in [0.1, 0.15) is 19.8 Å². The highest BCUT2D eigenvalue weighted by Crippen LogP contribution is 2.45. The smallest absolute Gasteiger partial charge is 0.231 e. The highest BCUT2D eigenvalue weighted by atomic mass is 16.5. The molecule has 1 aromatic carbocycles. The molecular weight excluding hydrogens is 256 g/mol. The van der Waals surface area contributed by atoms with Gasteiger partial charge in [-0.25, -0.2) is 0 Å². The number of nitrogens with two attached hydrogens (primary N) is 1. The molecule has 0 bridgehead atoms. The van der Waals surface area contributed by atoms with Crippen LogP contribution in [0.4, 0.5) is 5.69 Å². The molecule has 0 aliphatic heterocycles. The SMILES string of the molecule is COc1ccc(NC(=O)C2(CN)CC(C)C2)c(OC)c1. The van der Waals surface area contributed by atoms with E-state index in [2.05, 4.69) is 12.2 Å². The quantitative estimate of drug-likeness (QED) is 0.864. The number of hydrogen-bond acceptors (Lipinski definition) is 4. The molecule has 1 amide bonds. The standard InChI is InChI=1S/C15H22N2O3/c1-10-7-15(8-10,9-16)14(18)17-12-5-4-11(19-2)6-13(12)20-3/h4-6,10H,7-9,16H2,1-3H3,(H,17,18). The number of amides is 1. The fourth-order valence-corrected chi connectivity index (χ4v) is 2.88. The number of carbonyl (C=O) groups excluding carboxylic acids is 1. The van der Waals surface area contributed by atoms with Crippen molar-refractivity contribution in [1.29, 1.82) is 0 Å². The second-order valence-corrected chi connectivity index (χ2v) is 5.52. The second kappa shape index (κ2) is 5.71. The highest BCUT2D eigenvalue weighted by molar-refractivity contribution is 5.97. The van der Waals surface area contributed by atoms with Crippen LogP contribution in [-0.2, 0) is 4.79 Å². The number of nitrogens with one attached hydrogen (secondary N) is 1. The number of rotatable bonds is 5. The molecule has 0 aromatic heterocycles. The molecule has 1 aliphatic rings. The molecule has 20 heavy (non-hydrogen) atoms. The van der Waals surface area contributed by atoms with Crippen LogP contribution < -0.4 is 20.5 Å². The van der Waals surface area contributed by atoms with Crippen LogP contribution in [0.15, 0.2) is 18.2 Å². The van der Waals surface area contributed by atoms with Gasteiger partial charge in [-0.3, -0.25) is 4.79 Å². The van der Waals surface area contributed by atoms with Crippen LogP contribution in [0.2, 0.25) is 0 Å². The van der Waals surface area contributed by atoms with E-state index < -0.39 is 5.41 Å². The minimum Gasteiger partial charge on any atom is -0.497 e. The van der Waals surface area contributed by atoms with Gasteiger partial charge in [0.1, 0.15) is 11.5 Å². The minimum absolute atomic E-state index is 0.0263. The molecule has 1 aromatic rings. The summed E-state index contributed by atoms with van der Waals surface area (Å²) < 4.78 is 10.4. The maximum absolute atomic E-state index is 12.4. The summed E-state index contributed by atoms with van der Waals surface area (Å²) in [6, 6.07) is 5.31. The van der Waals surface area contributed by atoms with E-state index in [1.54, 1.807) is 32.4 Å². The van der Waals surface area contributed by atoms with Crippen molar-refractivity contribution in [3.05, 3.63) is 18.2 Å². The fraction of sp³-hybridized carbons (Fsp3) is 0.533. The van der Waals surface area contributed by atoms with Crippen LogP contribution in [0.25, 0.3) is 0 Å². The maximum Gasteiger partial charge on any atom is 0.231 e. The van der Waals surface area contributed by atoms with E-state index >= 15 is 0 Å². The predicted molar refractivity (Wildman–Crippen MR) is 78.1 cm³/mol. The lowest BCUT2D eigenvalue weighted by Crippen LogP contribution is -2.51. The van der Waals surface area contributed by atoms with Gasteiger partial charge in [-0.2, -0.15) is 0 Å². The molecule has 1 aliphatic carbocycles. The van der Waals surface area contributed by atoms with Crippen LogP contribution in [0.5, 0.6) is 11.5 Å². The Morgan fingerprint density at radius 2 is 2.10 bits per heavy atom. The van der Waals surface area contributed by atoms with Crippen molar-refractivity contribution in [2.45, 2.75) is 19.8 Å². The lowest BCUT2D eigenvalue weighted by molar-refractivity contribution is -0.132. The Bertz CT molecular complexity index is 496. The van der Waals surface area contributed by atoms with Crippen LogP contribution in [-0.4, -0.2) is 26.7 Å². The summed E-state index contributed by atoms with van der Waals surface area (Å²) in [5, 5.41) is 2.93. The van der Waals surface area contributed by atoms with Crippen LogP contribution in [0.3, 0.4) is 0 Å². The first-order valence-corrected chi connectivity index (χ1v) is 6.78. The molecule has 0 saturated heterocycles. The number of ether oxygens (including phenoxy) is 2. The molecule has 0 heterocycles. The van der Waals surface area contributed by atoms with Crippen molar-refractivity contribution in [3.63, 3.8) is 0 Å². The number of carbonyl (C=O) groups is 1. The second-order valence-electron chi connectivity index (χ2n) is 5.52. The van der Waals surface area contributed by atoms with Gasteiger partial charge in [0.05, 0.1) is 25.3 Å². The Morgan fingerprint density at radius 1 is 1.40 bits per heavy atom. The number of hydrogen-bond donors (Lipinski definition) is 2. The third-order valence-electron chi connectivity index (χ3n) is 4.01. The van der Waals surface area contributed by atoms with Crippen molar-refractivity contribution in [2.24, 2.45) is 17.1 Å². The molecule has 1 saturated carbocycles. The average molecular weight is 278 g/mol. The monoisotopic (exact) mass is 278 g/mol. The van der Waals surface area contributed by atoms with E-state index in [-0.39, 0.29) is 5.91 Å². The van der Waals surface area contributed by atoms with E-state index in [9.17, 15) is 4.79 Å². The molecule has 3 N–H and O–H groups in total. The average Bonchev–Trinajstić information content (AvgIpc) is 2.43. The fourth-order valence-electron chi connectivity index (χ4n) is 2.88. The topological polar surface area (TPSA) is 73.6 Å². The molecule has 110 valence electrons. The third kappa shape index (κ3) is 2.58.